The van der Waals surface area contributed by atoms with Crippen LogP contribution in [-0.2, 0) is 9.53 Å². The Balaban J connectivity index is 1.39. The maximum atomic E-state index is 13.2. The standard InChI is InChI=1S/C25H18N2O4S/c28-20(13-31-25(30)16-10-11-21-19(12-16)26-22(29)14-32-21)23-17-8-4-5-9-18(17)27-24(23)15-6-2-1-3-7-15/h1-12,27H,13-14H2,(H,26,29). The van der Waals surface area contributed by atoms with Crippen LogP contribution in [0.3, 0.4) is 0 Å². The lowest BCUT2D eigenvalue weighted by Gasteiger charge is -2.16. The number of nitrogens with one attached hydrogen (secondary N) is 2. The summed E-state index contributed by atoms with van der Waals surface area (Å²) in [7, 11) is 0. The molecular formula is C25H18N2O4S. The van der Waals surface area contributed by atoms with Gasteiger partial charge in [0.2, 0.25) is 11.7 Å². The summed E-state index contributed by atoms with van der Waals surface area (Å²) in [5.74, 6) is -0.681. The molecule has 0 unspecified atom stereocenters. The summed E-state index contributed by atoms with van der Waals surface area (Å²) in [4.78, 5) is 41.6. The number of hydrogen-bond acceptors (Lipinski definition) is 5. The van der Waals surface area contributed by atoms with Crippen LogP contribution < -0.4 is 5.32 Å². The highest BCUT2D eigenvalue weighted by Gasteiger charge is 2.22. The molecule has 2 N–H and O–H groups in total. The van der Waals surface area contributed by atoms with E-state index in [0.717, 1.165) is 21.4 Å². The van der Waals surface area contributed by atoms with Crippen LogP contribution in [0, 0.1) is 0 Å². The zero-order valence-corrected chi connectivity index (χ0v) is 17.7. The highest BCUT2D eigenvalue weighted by molar-refractivity contribution is 8.00. The van der Waals surface area contributed by atoms with Gasteiger partial charge in [0.1, 0.15) is 0 Å². The van der Waals surface area contributed by atoms with Crippen molar-refractivity contribution in [3.8, 4) is 11.3 Å². The molecule has 2 heterocycles. The smallest absolute Gasteiger partial charge is 0.338 e. The molecule has 4 aromatic rings. The third-order valence-corrected chi connectivity index (χ3v) is 6.30. The van der Waals surface area contributed by atoms with E-state index in [0.29, 0.717) is 22.7 Å². The van der Waals surface area contributed by atoms with Gasteiger partial charge in [-0.15, -0.1) is 11.8 Å². The van der Waals surface area contributed by atoms with E-state index in [9.17, 15) is 14.4 Å². The average molecular weight is 442 g/mol. The van der Waals surface area contributed by atoms with Crippen LogP contribution in [0.5, 0.6) is 0 Å². The second-order valence-corrected chi connectivity index (χ2v) is 8.35. The molecule has 158 valence electrons. The van der Waals surface area contributed by atoms with E-state index < -0.39 is 12.6 Å². The fourth-order valence-corrected chi connectivity index (χ4v) is 4.54. The molecule has 0 atom stereocenters. The minimum Gasteiger partial charge on any atom is -0.454 e. The van der Waals surface area contributed by atoms with Crippen LogP contribution >= 0.6 is 11.8 Å². The number of thioether (sulfide) groups is 1. The van der Waals surface area contributed by atoms with E-state index >= 15 is 0 Å². The van der Waals surface area contributed by atoms with Crippen molar-refractivity contribution in [1.29, 1.82) is 0 Å². The Morgan fingerprint density at radius 3 is 2.59 bits per heavy atom. The number of H-pyrrole nitrogens is 1. The number of hydrogen-bond donors (Lipinski definition) is 2. The molecule has 7 heteroatoms. The number of benzene rings is 3. The Labute approximate surface area is 188 Å². The molecule has 1 aliphatic rings. The number of aromatic amines is 1. The number of anilines is 1. The Morgan fingerprint density at radius 2 is 1.75 bits per heavy atom. The van der Waals surface area contributed by atoms with Gasteiger partial charge in [-0.05, 0) is 29.8 Å². The first-order chi connectivity index (χ1) is 15.6. The fraction of sp³-hybridized carbons (Fsp3) is 0.0800. The minimum atomic E-state index is -0.618. The van der Waals surface area contributed by atoms with E-state index in [-0.39, 0.29) is 17.3 Å². The molecule has 5 rings (SSSR count). The van der Waals surface area contributed by atoms with Gasteiger partial charge in [-0.25, -0.2) is 4.79 Å². The molecule has 0 radical (unpaired) electrons. The van der Waals surface area contributed by atoms with Gasteiger partial charge in [0.05, 0.1) is 28.3 Å². The number of rotatable bonds is 5. The van der Waals surface area contributed by atoms with Crippen LogP contribution in [0.15, 0.2) is 77.7 Å². The largest absolute Gasteiger partial charge is 0.454 e. The van der Waals surface area contributed by atoms with Gasteiger partial charge in [0, 0.05) is 15.8 Å². The molecule has 1 aromatic heterocycles. The van der Waals surface area contributed by atoms with Gasteiger partial charge in [-0.3, -0.25) is 9.59 Å². The average Bonchev–Trinajstić information content (AvgIpc) is 3.22. The summed E-state index contributed by atoms with van der Waals surface area (Å²) in [5.41, 5.74) is 3.76. The second-order valence-electron chi connectivity index (χ2n) is 7.33. The van der Waals surface area contributed by atoms with Crippen LogP contribution in [0.2, 0.25) is 0 Å². The third-order valence-electron chi connectivity index (χ3n) is 5.23. The number of esters is 1. The van der Waals surface area contributed by atoms with Crippen molar-refractivity contribution in [1.82, 2.24) is 4.98 Å². The third kappa shape index (κ3) is 3.78. The van der Waals surface area contributed by atoms with Crippen molar-refractivity contribution in [3.05, 3.63) is 83.9 Å². The number of fused-ring (bicyclic) bond motifs is 2. The molecule has 0 saturated carbocycles. The lowest BCUT2D eigenvalue weighted by atomic mass is 10.0. The predicted molar refractivity (Wildman–Crippen MR) is 124 cm³/mol. The van der Waals surface area contributed by atoms with Gasteiger partial charge >= 0.3 is 5.97 Å². The maximum absolute atomic E-state index is 13.2. The summed E-state index contributed by atoms with van der Waals surface area (Å²) in [6, 6.07) is 22.1. The normalized spacial score (nSPS) is 12.8. The van der Waals surface area contributed by atoms with Crippen LogP contribution in [0.1, 0.15) is 20.7 Å². The number of Topliss-reactive ketones (excluding diaryl/α,β-unsaturated/α-hetero) is 1. The lowest BCUT2D eigenvalue weighted by molar-refractivity contribution is -0.113. The molecule has 0 spiro atoms. The summed E-state index contributed by atoms with van der Waals surface area (Å²) in [6.45, 7) is -0.390. The summed E-state index contributed by atoms with van der Waals surface area (Å²) in [5, 5.41) is 3.53. The fourth-order valence-electron chi connectivity index (χ4n) is 3.75. The van der Waals surface area contributed by atoms with Crippen molar-refractivity contribution in [2.24, 2.45) is 0 Å². The summed E-state index contributed by atoms with van der Waals surface area (Å²) >= 11 is 1.41. The minimum absolute atomic E-state index is 0.115. The number of carbonyl (C=O) groups is 3. The molecule has 3 aromatic carbocycles. The number of ether oxygens (including phenoxy) is 1. The van der Waals surface area contributed by atoms with Crippen molar-refractivity contribution >= 4 is 46.0 Å². The van der Waals surface area contributed by atoms with Crippen molar-refractivity contribution in [2.75, 3.05) is 17.7 Å². The highest BCUT2D eigenvalue weighted by Crippen LogP contribution is 2.33. The van der Waals surface area contributed by atoms with Gasteiger partial charge in [-0.1, -0.05) is 48.5 Å². The Hall–Kier alpha value is -3.84. The van der Waals surface area contributed by atoms with Gasteiger partial charge in [0.25, 0.3) is 0 Å². The molecule has 1 aliphatic heterocycles. The van der Waals surface area contributed by atoms with Crippen LogP contribution in [-0.4, -0.2) is 35.0 Å². The maximum Gasteiger partial charge on any atom is 0.338 e. The Kier molecular flexibility index (Phi) is 5.25. The van der Waals surface area contributed by atoms with Crippen molar-refractivity contribution < 1.29 is 19.1 Å². The van der Waals surface area contributed by atoms with Gasteiger partial charge in [0.15, 0.2) is 6.61 Å². The van der Waals surface area contributed by atoms with E-state index in [4.69, 9.17) is 4.74 Å². The van der Waals surface area contributed by atoms with Crippen LogP contribution in [0.25, 0.3) is 22.2 Å². The quantitative estimate of drug-likeness (QED) is 0.338. The molecule has 1 amide bonds. The summed E-state index contributed by atoms with van der Waals surface area (Å²) < 4.78 is 5.35. The number of para-hydroxylation sites is 1. The SMILES string of the molecule is O=C1CSc2ccc(C(=O)OCC(=O)c3c(-c4ccccc4)[nH]c4ccccc34)cc2N1. The topological polar surface area (TPSA) is 88.3 Å². The first-order valence-corrected chi connectivity index (χ1v) is 11.0. The molecule has 0 bridgehead atoms. The summed E-state index contributed by atoms with van der Waals surface area (Å²) in [6.07, 6.45) is 0. The second kappa shape index (κ2) is 8.36. The van der Waals surface area contributed by atoms with Crippen molar-refractivity contribution in [3.63, 3.8) is 0 Å². The van der Waals surface area contributed by atoms with Crippen LogP contribution in [0.4, 0.5) is 5.69 Å². The van der Waals surface area contributed by atoms with E-state index in [1.165, 1.54) is 11.8 Å². The number of ketones is 1. The molecule has 0 saturated heterocycles. The van der Waals surface area contributed by atoms with Gasteiger partial charge in [-0.2, -0.15) is 0 Å². The Morgan fingerprint density at radius 1 is 0.969 bits per heavy atom. The molecular weight excluding hydrogens is 424 g/mol. The first kappa shape index (κ1) is 20.1. The number of amides is 1. The van der Waals surface area contributed by atoms with E-state index in [1.807, 2.05) is 54.6 Å². The molecule has 0 aliphatic carbocycles. The van der Waals surface area contributed by atoms with E-state index in [2.05, 4.69) is 10.3 Å². The lowest BCUT2D eigenvalue weighted by Crippen LogP contribution is -2.19. The first-order valence-electron chi connectivity index (χ1n) is 10.0. The predicted octanol–water partition coefficient (Wildman–Crippen LogP) is 4.92. The molecule has 0 fully saturated rings. The Bertz CT molecular complexity index is 1360. The van der Waals surface area contributed by atoms with Gasteiger partial charge < -0.3 is 15.0 Å². The number of aromatic nitrogens is 1. The number of carbonyl (C=O) groups excluding carboxylic acids is 3. The molecule has 32 heavy (non-hydrogen) atoms. The highest BCUT2D eigenvalue weighted by atomic mass is 32.2. The monoisotopic (exact) mass is 442 g/mol. The zero-order chi connectivity index (χ0) is 22.1. The zero-order valence-electron chi connectivity index (χ0n) is 16.9. The van der Waals surface area contributed by atoms with Crippen molar-refractivity contribution in [2.45, 2.75) is 4.90 Å². The van der Waals surface area contributed by atoms with E-state index in [1.54, 1.807) is 18.2 Å². The molecule has 6 nitrogen and oxygen atoms in total.